The van der Waals surface area contributed by atoms with Crippen molar-refractivity contribution in [3.63, 3.8) is 0 Å². The molecule has 47 heavy (non-hydrogen) atoms. The third-order valence-corrected chi connectivity index (χ3v) is 10.1. The SMILES string of the molecule is COc1ccccc1C(CCN1CC=C(c2cccc3ccsc23)CC1)C(=O)C1CCN(Cc2ccccc2)CC1.O=C(O)C(=O)O. The standard InChI is InChI=1S/C36H40N2O2S.C2H2O4/c1-40-34-13-6-5-11-32(34)33(35(39)29-16-22-38(23-17-29)26-27-8-3-2-4-9-27)18-24-37-20-14-28(15-21-37)31-12-7-10-30-19-25-41-36(30)31;3-1(4)2(5)6/h2-14,19,25,29,33H,15-18,20-24,26H2,1H3;(H,3,4)(H,5,6). The maximum Gasteiger partial charge on any atom is 0.414 e. The minimum absolute atomic E-state index is 0.107. The van der Waals surface area contributed by atoms with Crippen molar-refractivity contribution < 1.29 is 29.3 Å². The molecule has 0 saturated carbocycles. The summed E-state index contributed by atoms with van der Waals surface area (Å²) in [5, 5.41) is 18.3. The second-order valence-electron chi connectivity index (χ2n) is 12.1. The van der Waals surface area contributed by atoms with Crippen molar-refractivity contribution in [2.45, 2.75) is 38.1 Å². The van der Waals surface area contributed by atoms with Crippen molar-refractivity contribution in [3.05, 3.63) is 107 Å². The van der Waals surface area contributed by atoms with Crippen LogP contribution < -0.4 is 4.74 Å². The molecule has 246 valence electrons. The van der Waals surface area contributed by atoms with Gasteiger partial charge in [0.25, 0.3) is 0 Å². The lowest BCUT2D eigenvalue weighted by atomic mass is 9.80. The highest BCUT2D eigenvalue weighted by molar-refractivity contribution is 7.17. The number of hydrogen-bond acceptors (Lipinski definition) is 7. The normalized spacial score (nSPS) is 16.5. The van der Waals surface area contributed by atoms with Gasteiger partial charge in [-0.15, -0.1) is 11.3 Å². The van der Waals surface area contributed by atoms with Gasteiger partial charge in [0.05, 0.1) is 7.11 Å². The van der Waals surface area contributed by atoms with Gasteiger partial charge in [0.2, 0.25) is 0 Å². The maximum atomic E-state index is 14.1. The van der Waals surface area contributed by atoms with E-state index in [0.717, 1.165) is 76.3 Å². The fourth-order valence-electron chi connectivity index (χ4n) is 6.62. The van der Waals surface area contributed by atoms with E-state index in [1.54, 1.807) is 7.11 Å². The van der Waals surface area contributed by atoms with Crippen LogP contribution in [-0.4, -0.2) is 77.6 Å². The summed E-state index contributed by atoms with van der Waals surface area (Å²) >= 11 is 1.83. The first-order valence-electron chi connectivity index (χ1n) is 16.1. The van der Waals surface area contributed by atoms with Gasteiger partial charge in [0.1, 0.15) is 11.5 Å². The largest absolute Gasteiger partial charge is 0.496 e. The predicted molar refractivity (Wildman–Crippen MR) is 186 cm³/mol. The van der Waals surface area contributed by atoms with Crippen LogP contribution in [0.5, 0.6) is 5.75 Å². The molecule has 1 unspecified atom stereocenters. The highest BCUT2D eigenvalue weighted by Crippen LogP contribution is 2.36. The molecule has 8 nitrogen and oxygen atoms in total. The maximum absolute atomic E-state index is 14.1. The first kappa shape index (κ1) is 34.0. The number of methoxy groups -OCH3 is 1. The number of hydrogen-bond donors (Lipinski definition) is 2. The number of fused-ring (bicyclic) bond motifs is 1. The molecule has 0 amide bonds. The van der Waals surface area contributed by atoms with Crippen LogP contribution in [0.3, 0.4) is 0 Å². The van der Waals surface area contributed by atoms with Gasteiger partial charge in [-0.1, -0.05) is 72.8 Å². The van der Waals surface area contributed by atoms with Gasteiger partial charge in [0, 0.05) is 41.7 Å². The number of Topliss-reactive ketones (excluding diaryl/α,β-unsaturated/α-hetero) is 1. The molecule has 0 radical (unpaired) electrons. The Kier molecular flexibility index (Phi) is 11.9. The number of carboxylic acids is 2. The van der Waals surface area contributed by atoms with Crippen LogP contribution in [0.15, 0.2) is 90.3 Å². The zero-order valence-electron chi connectivity index (χ0n) is 26.7. The molecule has 3 aromatic carbocycles. The van der Waals surface area contributed by atoms with Crippen molar-refractivity contribution in [2.24, 2.45) is 5.92 Å². The van der Waals surface area contributed by atoms with Gasteiger partial charge >= 0.3 is 11.9 Å². The Bertz CT molecular complexity index is 1680. The van der Waals surface area contributed by atoms with Crippen molar-refractivity contribution in [1.82, 2.24) is 9.80 Å². The summed E-state index contributed by atoms with van der Waals surface area (Å²) in [7, 11) is 1.72. The van der Waals surface area contributed by atoms with E-state index in [4.69, 9.17) is 24.5 Å². The molecule has 6 rings (SSSR count). The summed E-state index contributed by atoms with van der Waals surface area (Å²) < 4.78 is 7.14. The monoisotopic (exact) mass is 654 g/mol. The van der Waals surface area contributed by atoms with E-state index in [1.807, 2.05) is 29.5 Å². The number of carbonyl (C=O) groups excluding carboxylic acids is 1. The predicted octanol–water partition coefficient (Wildman–Crippen LogP) is 6.81. The molecular weight excluding hydrogens is 612 g/mol. The van der Waals surface area contributed by atoms with E-state index >= 15 is 0 Å². The third kappa shape index (κ3) is 8.94. The molecule has 2 aliphatic rings. The number of ether oxygens (including phenoxy) is 1. The summed E-state index contributed by atoms with van der Waals surface area (Å²) in [6.45, 7) is 5.78. The lowest BCUT2D eigenvalue weighted by Gasteiger charge is -2.34. The second-order valence-corrected chi connectivity index (χ2v) is 13.0. The number of piperidine rings is 1. The van der Waals surface area contributed by atoms with Gasteiger partial charge in [-0.3, -0.25) is 14.6 Å². The summed E-state index contributed by atoms with van der Waals surface area (Å²) in [5.41, 5.74) is 5.23. The Balaban J connectivity index is 0.000000662. The van der Waals surface area contributed by atoms with Gasteiger partial charge in [-0.2, -0.15) is 0 Å². The van der Waals surface area contributed by atoms with Crippen LogP contribution in [-0.2, 0) is 20.9 Å². The van der Waals surface area contributed by atoms with E-state index in [-0.39, 0.29) is 11.8 Å². The second kappa shape index (κ2) is 16.5. The highest BCUT2D eigenvalue weighted by Gasteiger charge is 2.33. The summed E-state index contributed by atoms with van der Waals surface area (Å²) in [6, 6.07) is 27.6. The van der Waals surface area contributed by atoms with Crippen molar-refractivity contribution in [1.29, 1.82) is 0 Å². The number of carboxylic acid groups (broad SMARTS) is 2. The molecule has 0 spiro atoms. The molecule has 2 aliphatic heterocycles. The van der Waals surface area contributed by atoms with Crippen molar-refractivity contribution >= 4 is 44.7 Å². The Hall–Kier alpha value is -4.31. The number of rotatable bonds is 10. The van der Waals surface area contributed by atoms with Crippen LogP contribution in [0.4, 0.5) is 0 Å². The van der Waals surface area contributed by atoms with Crippen LogP contribution in [0.25, 0.3) is 15.7 Å². The van der Waals surface area contributed by atoms with Crippen LogP contribution in [0, 0.1) is 5.92 Å². The van der Waals surface area contributed by atoms with E-state index in [9.17, 15) is 4.79 Å². The van der Waals surface area contributed by atoms with Crippen molar-refractivity contribution in [2.75, 3.05) is 39.8 Å². The Morgan fingerprint density at radius 1 is 0.872 bits per heavy atom. The lowest BCUT2D eigenvalue weighted by Crippen LogP contribution is -2.38. The first-order chi connectivity index (χ1) is 22.8. The van der Waals surface area contributed by atoms with Gasteiger partial charge in [-0.25, -0.2) is 9.59 Å². The molecular formula is C38H42N2O6S. The summed E-state index contributed by atoms with van der Waals surface area (Å²) in [4.78, 5) is 37.3. The van der Waals surface area contributed by atoms with Crippen LogP contribution in [0.1, 0.15) is 48.3 Å². The van der Waals surface area contributed by atoms with Gasteiger partial charge in [-0.05, 0) is 84.9 Å². The molecule has 3 heterocycles. The zero-order valence-corrected chi connectivity index (χ0v) is 27.5. The Labute approximate surface area is 279 Å². The lowest BCUT2D eigenvalue weighted by molar-refractivity contribution is -0.159. The average Bonchev–Trinajstić information content (AvgIpc) is 3.59. The van der Waals surface area contributed by atoms with E-state index in [0.29, 0.717) is 5.78 Å². The number of nitrogens with zero attached hydrogens (tertiary/aromatic N) is 2. The molecule has 1 atom stereocenters. The Morgan fingerprint density at radius 3 is 2.28 bits per heavy atom. The first-order valence-corrected chi connectivity index (χ1v) is 17.0. The van der Waals surface area contributed by atoms with E-state index in [1.165, 1.54) is 26.8 Å². The minimum Gasteiger partial charge on any atom is -0.496 e. The number of para-hydroxylation sites is 1. The quantitative estimate of drug-likeness (QED) is 0.180. The topological polar surface area (TPSA) is 107 Å². The summed E-state index contributed by atoms with van der Waals surface area (Å²) in [6.07, 6.45) is 6.14. The molecule has 1 fully saturated rings. The number of likely N-dealkylation sites (tertiary alicyclic amines) is 1. The van der Waals surface area contributed by atoms with Gasteiger partial charge < -0.3 is 14.9 Å². The summed E-state index contributed by atoms with van der Waals surface area (Å²) in [5.74, 6) is -2.45. The number of carbonyl (C=O) groups is 3. The average molecular weight is 655 g/mol. The molecule has 1 saturated heterocycles. The van der Waals surface area contributed by atoms with Crippen LogP contribution in [0.2, 0.25) is 0 Å². The van der Waals surface area contributed by atoms with Crippen LogP contribution >= 0.6 is 11.3 Å². The fraction of sp³-hybridized carbons (Fsp3) is 0.342. The van der Waals surface area contributed by atoms with Crippen molar-refractivity contribution in [3.8, 4) is 5.75 Å². The zero-order chi connectivity index (χ0) is 33.2. The smallest absolute Gasteiger partial charge is 0.414 e. The molecule has 2 N–H and O–H groups in total. The number of ketones is 1. The fourth-order valence-corrected chi connectivity index (χ4v) is 7.57. The van der Waals surface area contributed by atoms with E-state index in [2.05, 4.69) is 81.9 Å². The molecule has 1 aromatic heterocycles. The molecule has 0 bridgehead atoms. The number of thiophene rings is 1. The van der Waals surface area contributed by atoms with Gasteiger partial charge in [0.15, 0.2) is 0 Å². The minimum atomic E-state index is -1.82. The molecule has 0 aliphatic carbocycles. The molecule has 9 heteroatoms. The third-order valence-electron chi connectivity index (χ3n) is 9.13. The number of aliphatic carboxylic acids is 2. The highest BCUT2D eigenvalue weighted by atomic mass is 32.1. The van der Waals surface area contributed by atoms with E-state index < -0.39 is 11.9 Å². The molecule has 4 aromatic rings. The Morgan fingerprint density at radius 2 is 1.60 bits per heavy atom. The number of benzene rings is 3.